The minimum Gasteiger partial charge on any atom is -0.338 e. The van der Waals surface area contributed by atoms with E-state index in [0.717, 1.165) is 36.2 Å². The van der Waals surface area contributed by atoms with Crippen LogP contribution in [-0.2, 0) is 0 Å². The molecule has 2 N–H and O–H groups in total. The molecule has 0 aromatic heterocycles. The quantitative estimate of drug-likeness (QED) is 0.867. The smallest absolute Gasteiger partial charge is 0.254 e. The number of nitrogens with zero attached hydrogens (tertiary/aromatic N) is 1. The molecule has 0 spiro atoms. The van der Waals surface area contributed by atoms with Crippen molar-refractivity contribution >= 4 is 5.91 Å². The van der Waals surface area contributed by atoms with Crippen LogP contribution in [-0.4, -0.2) is 30.4 Å². The molecule has 0 bridgehead atoms. The predicted octanol–water partition coefficient (Wildman–Crippen LogP) is 2.57. The number of amides is 1. The summed E-state index contributed by atoms with van der Waals surface area (Å²) < 4.78 is 0. The summed E-state index contributed by atoms with van der Waals surface area (Å²) in [6.45, 7) is 6.29. The first-order valence-corrected chi connectivity index (χ1v) is 7.74. The van der Waals surface area contributed by atoms with Crippen LogP contribution in [0.3, 0.4) is 0 Å². The van der Waals surface area contributed by atoms with Gasteiger partial charge in [0.25, 0.3) is 5.91 Å². The molecule has 3 nitrogen and oxygen atoms in total. The Bertz CT molecular complexity index is 568. The molecule has 1 saturated heterocycles. The lowest BCUT2D eigenvalue weighted by Gasteiger charge is -2.18. The van der Waals surface area contributed by atoms with Gasteiger partial charge in [-0.05, 0) is 43.4 Å². The maximum atomic E-state index is 12.7. The van der Waals surface area contributed by atoms with E-state index in [4.69, 9.17) is 5.73 Å². The Morgan fingerprint density at radius 3 is 3.00 bits per heavy atom. The van der Waals surface area contributed by atoms with Crippen molar-refractivity contribution in [3.8, 4) is 11.8 Å². The summed E-state index contributed by atoms with van der Waals surface area (Å²) in [4.78, 5) is 14.7. The molecule has 1 fully saturated rings. The molecular formula is C18H24N2O. The molecule has 0 aliphatic carbocycles. The molecule has 21 heavy (non-hydrogen) atoms. The van der Waals surface area contributed by atoms with E-state index < -0.39 is 0 Å². The molecule has 1 aromatic rings. The first-order valence-electron chi connectivity index (χ1n) is 7.74. The van der Waals surface area contributed by atoms with Crippen LogP contribution in [0.2, 0.25) is 0 Å². The second kappa shape index (κ2) is 7.28. The summed E-state index contributed by atoms with van der Waals surface area (Å²) in [6.07, 6.45) is 3.53. The van der Waals surface area contributed by atoms with Crippen molar-refractivity contribution in [3.05, 3.63) is 34.9 Å². The van der Waals surface area contributed by atoms with Gasteiger partial charge in [0.1, 0.15) is 0 Å². The minimum atomic E-state index is 0.141. The van der Waals surface area contributed by atoms with Gasteiger partial charge in [-0.15, -0.1) is 0 Å². The molecule has 3 heteroatoms. The van der Waals surface area contributed by atoms with Crippen molar-refractivity contribution in [3.63, 3.8) is 0 Å². The summed E-state index contributed by atoms with van der Waals surface area (Å²) in [5, 5.41) is 0. The largest absolute Gasteiger partial charge is 0.338 e. The van der Waals surface area contributed by atoms with Crippen molar-refractivity contribution in [1.29, 1.82) is 0 Å². The average Bonchev–Trinajstić information content (AvgIpc) is 2.95. The zero-order valence-corrected chi connectivity index (χ0v) is 13.0. The molecule has 1 amide bonds. The Morgan fingerprint density at radius 2 is 2.29 bits per heavy atom. The first kappa shape index (κ1) is 15.6. The summed E-state index contributed by atoms with van der Waals surface area (Å²) >= 11 is 0. The van der Waals surface area contributed by atoms with Gasteiger partial charge in [0.15, 0.2) is 0 Å². The van der Waals surface area contributed by atoms with E-state index in [1.807, 2.05) is 30.0 Å². The van der Waals surface area contributed by atoms with Crippen molar-refractivity contribution < 1.29 is 4.79 Å². The normalized spacial score (nSPS) is 17.5. The first-order chi connectivity index (χ1) is 10.2. The highest BCUT2D eigenvalue weighted by molar-refractivity contribution is 5.96. The predicted molar refractivity (Wildman–Crippen MR) is 86.0 cm³/mol. The molecule has 1 aliphatic heterocycles. The fourth-order valence-electron chi connectivity index (χ4n) is 2.91. The van der Waals surface area contributed by atoms with Gasteiger partial charge >= 0.3 is 0 Å². The maximum absolute atomic E-state index is 12.7. The van der Waals surface area contributed by atoms with Crippen LogP contribution in [0.1, 0.15) is 47.7 Å². The lowest BCUT2D eigenvalue weighted by molar-refractivity contribution is 0.0785. The third-order valence-electron chi connectivity index (χ3n) is 4.07. The molecule has 1 aliphatic rings. The molecule has 1 heterocycles. The van der Waals surface area contributed by atoms with Gasteiger partial charge in [-0.2, -0.15) is 0 Å². The molecule has 0 saturated carbocycles. The van der Waals surface area contributed by atoms with Gasteiger partial charge in [0.2, 0.25) is 0 Å². The highest BCUT2D eigenvalue weighted by atomic mass is 16.2. The second-order valence-corrected chi connectivity index (χ2v) is 5.73. The van der Waals surface area contributed by atoms with E-state index >= 15 is 0 Å². The molecular weight excluding hydrogens is 260 g/mol. The molecule has 112 valence electrons. The Morgan fingerprint density at radius 1 is 1.48 bits per heavy atom. The van der Waals surface area contributed by atoms with Gasteiger partial charge < -0.3 is 10.6 Å². The molecule has 1 unspecified atom stereocenters. The number of nitrogens with two attached hydrogens (primary N) is 1. The zero-order valence-electron chi connectivity index (χ0n) is 13.0. The topological polar surface area (TPSA) is 46.3 Å². The summed E-state index contributed by atoms with van der Waals surface area (Å²) in [6, 6.07) is 5.81. The fraction of sp³-hybridized carbons (Fsp3) is 0.500. The van der Waals surface area contributed by atoms with E-state index in [0.29, 0.717) is 12.5 Å². The number of benzene rings is 1. The Labute approximate surface area is 127 Å². The third kappa shape index (κ3) is 3.86. The van der Waals surface area contributed by atoms with Crippen LogP contribution < -0.4 is 5.73 Å². The van der Waals surface area contributed by atoms with Crippen LogP contribution in [0.5, 0.6) is 0 Å². The summed E-state index contributed by atoms with van der Waals surface area (Å²) in [5.41, 5.74) is 8.04. The SMILES string of the molecule is CCCC1CCN(C(=O)c2cc(C#CCN)ccc2C)C1. The minimum absolute atomic E-state index is 0.141. The van der Waals surface area contributed by atoms with Crippen molar-refractivity contribution in [1.82, 2.24) is 4.90 Å². The monoisotopic (exact) mass is 284 g/mol. The van der Waals surface area contributed by atoms with Gasteiger partial charge in [-0.25, -0.2) is 0 Å². The molecule has 1 aromatic carbocycles. The van der Waals surface area contributed by atoms with E-state index in [2.05, 4.69) is 18.8 Å². The Balaban J connectivity index is 2.15. The second-order valence-electron chi connectivity index (χ2n) is 5.73. The van der Waals surface area contributed by atoms with Gasteiger partial charge in [0.05, 0.1) is 6.54 Å². The lowest BCUT2D eigenvalue weighted by atomic mass is 10.0. The van der Waals surface area contributed by atoms with Crippen LogP contribution in [0.25, 0.3) is 0 Å². The highest BCUT2D eigenvalue weighted by Crippen LogP contribution is 2.23. The Kier molecular flexibility index (Phi) is 5.41. The zero-order chi connectivity index (χ0) is 15.2. The number of carbonyl (C=O) groups excluding carboxylic acids is 1. The molecule has 0 radical (unpaired) electrons. The van der Waals surface area contributed by atoms with E-state index in [1.165, 1.54) is 12.8 Å². The van der Waals surface area contributed by atoms with E-state index in [9.17, 15) is 4.79 Å². The van der Waals surface area contributed by atoms with Crippen molar-refractivity contribution in [2.45, 2.75) is 33.1 Å². The fourth-order valence-corrected chi connectivity index (χ4v) is 2.91. The van der Waals surface area contributed by atoms with E-state index in [-0.39, 0.29) is 5.91 Å². The number of likely N-dealkylation sites (tertiary alicyclic amines) is 1. The van der Waals surface area contributed by atoms with Gasteiger partial charge in [-0.1, -0.05) is 31.3 Å². The van der Waals surface area contributed by atoms with Gasteiger partial charge in [-0.3, -0.25) is 4.79 Å². The number of hydrogen-bond acceptors (Lipinski definition) is 2. The standard InChI is InChI=1S/C18H24N2O/c1-3-5-16-9-11-20(13-16)18(21)17-12-15(6-4-10-19)8-7-14(17)2/h7-8,12,16H,3,5,9-11,13,19H2,1-2H3. The Hall–Kier alpha value is -1.79. The van der Waals surface area contributed by atoms with Crippen LogP contribution in [0.4, 0.5) is 0 Å². The van der Waals surface area contributed by atoms with E-state index in [1.54, 1.807) is 0 Å². The lowest BCUT2D eigenvalue weighted by Crippen LogP contribution is -2.29. The summed E-state index contributed by atoms with van der Waals surface area (Å²) in [7, 11) is 0. The van der Waals surface area contributed by atoms with Crippen molar-refractivity contribution in [2.24, 2.45) is 11.7 Å². The highest BCUT2D eigenvalue weighted by Gasteiger charge is 2.27. The number of aryl methyl sites for hydroxylation is 1. The average molecular weight is 284 g/mol. The van der Waals surface area contributed by atoms with Crippen LogP contribution in [0, 0.1) is 24.7 Å². The number of carbonyl (C=O) groups is 1. The van der Waals surface area contributed by atoms with Crippen molar-refractivity contribution in [2.75, 3.05) is 19.6 Å². The van der Waals surface area contributed by atoms with Crippen LogP contribution in [0.15, 0.2) is 18.2 Å². The molecule has 2 rings (SSSR count). The molecule has 1 atom stereocenters. The number of rotatable bonds is 3. The third-order valence-corrected chi connectivity index (χ3v) is 4.07. The van der Waals surface area contributed by atoms with Gasteiger partial charge in [0, 0.05) is 24.2 Å². The number of hydrogen-bond donors (Lipinski definition) is 1. The maximum Gasteiger partial charge on any atom is 0.254 e. The summed E-state index contributed by atoms with van der Waals surface area (Å²) in [5.74, 6) is 6.64. The van der Waals surface area contributed by atoms with Crippen LogP contribution >= 0.6 is 0 Å².